The second-order valence-electron chi connectivity index (χ2n) is 8.40. The van der Waals surface area contributed by atoms with E-state index in [0.717, 1.165) is 5.69 Å². The fourth-order valence-electron chi connectivity index (χ4n) is 3.98. The Morgan fingerprint density at radius 1 is 1.14 bits per heavy atom. The maximum Gasteiger partial charge on any atom is 0.280 e. The van der Waals surface area contributed by atoms with Gasteiger partial charge in [0.1, 0.15) is 11.7 Å². The number of imidazole rings is 1. The van der Waals surface area contributed by atoms with Gasteiger partial charge in [0.25, 0.3) is 11.5 Å². The third kappa shape index (κ3) is 4.10. The number of hydrogen-bond donors (Lipinski definition) is 3. The summed E-state index contributed by atoms with van der Waals surface area (Å²) in [6.45, 7) is 2.39. The highest BCUT2D eigenvalue weighted by Crippen LogP contribution is 2.22. The van der Waals surface area contributed by atoms with Gasteiger partial charge in [-0.05, 0) is 37.6 Å². The fourth-order valence-corrected chi connectivity index (χ4v) is 3.98. The Bertz CT molecular complexity index is 1530. The molecule has 2 amide bonds. The van der Waals surface area contributed by atoms with Gasteiger partial charge in [-0.3, -0.25) is 19.0 Å². The van der Waals surface area contributed by atoms with Crippen LogP contribution in [-0.4, -0.2) is 72.8 Å². The van der Waals surface area contributed by atoms with Gasteiger partial charge >= 0.3 is 0 Å². The monoisotopic (exact) mass is 488 g/mol. The van der Waals surface area contributed by atoms with Crippen LogP contribution >= 0.6 is 0 Å². The number of hydrogen-bond acceptors (Lipinski definition) is 9. The number of amides is 2. The molecule has 0 radical (unpaired) electrons. The van der Waals surface area contributed by atoms with Crippen LogP contribution in [0.25, 0.3) is 11.5 Å². The number of aromatic nitrogens is 6. The smallest absolute Gasteiger partial charge is 0.280 e. The molecule has 0 spiro atoms. The molecule has 36 heavy (non-hydrogen) atoms. The Labute approximate surface area is 205 Å². The number of nitrogens with one attached hydrogen (secondary N) is 3. The predicted octanol–water partition coefficient (Wildman–Crippen LogP) is 0.724. The second kappa shape index (κ2) is 9.09. The Hall–Kier alpha value is -4.81. The van der Waals surface area contributed by atoms with Gasteiger partial charge in [-0.2, -0.15) is 5.10 Å². The molecule has 13 nitrogen and oxygen atoms in total. The number of carbonyl (C=O) groups is 2. The zero-order valence-electron chi connectivity index (χ0n) is 19.9. The number of carbonyl (C=O) groups excluding carboxylic acids is 2. The normalized spacial score (nSPS) is 15.4. The first kappa shape index (κ1) is 23.0. The van der Waals surface area contributed by atoms with Crippen LogP contribution in [0.3, 0.4) is 0 Å². The van der Waals surface area contributed by atoms with Crippen molar-refractivity contribution in [2.45, 2.75) is 19.4 Å². The lowest BCUT2D eigenvalue weighted by Crippen LogP contribution is -2.41. The van der Waals surface area contributed by atoms with Gasteiger partial charge in [0.15, 0.2) is 23.0 Å². The summed E-state index contributed by atoms with van der Waals surface area (Å²) in [5.41, 5.74) is 1.80. The van der Waals surface area contributed by atoms with Gasteiger partial charge in [-0.25, -0.2) is 9.50 Å². The van der Waals surface area contributed by atoms with E-state index < -0.39 is 11.9 Å². The van der Waals surface area contributed by atoms with E-state index in [2.05, 4.69) is 36.2 Å². The highest BCUT2D eigenvalue weighted by atomic mass is 16.2. The van der Waals surface area contributed by atoms with Gasteiger partial charge in [0.05, 0.1) is 17.6 Å². The van der Waals surface area contributed by atoms with E-state index in [1.165, 1.54) is 15.3 Å². The molecule has 0 unspecified atom stereocenters. The van der Waals surface area contributed by atoms with Crippen molar-refractivity contribution in [1.29, 1.82) is 0 Å². The molecule has 1 saturated heterocycles. The number of likely N-dealkylation sites (tertiary alicyclic amines) is 1. The summed E-state index contributed by atoms with van der Waals surface area (Å²) in [4.78, 5) is 44.2. The molecule has 4 aromatic heterocycles. The van der Waals surface area contributed by atoms with E-state index in [1.54, 1.807) is 55.5 Å². The molecule has 184 valence electrons. The molecule has 5 heterocycles. The van der Waals surface area contributed by atoms with Crippen molar-refractivity contribution in [3.8, 4) is 5.82 Å². The van der Waals surface area contributed by atoms with Crippen molar-refractivity contribution < 1.29 is 9.59 Å². The highest BCUT2D eigenvalue weighted by Gasteiger charge is 2.31. The number of anilines is 3. The van der Waals surface area contributed by atoms with E-state index in [9.17, 15) is 14.4 Å². The van der Waals surface area contributed by atoms with Crippen LogP contribution in [0.1, 0.15) is 22.6 Å². The Morgan fingerprint density at radius 2 is 1.97 bits per heavy atom. The molecule has 0 aromatic carbocycles. The number of fused-ring (bicyclic) bond motifs is 1. The molecule has 1 atom stereocenters. The van der Waals surface area contributed by atoms with Crippen molar-refractivity contribution in [2.24, 2.45) is 0 Å². The van der Waals surface area contributed by atoms with Gasteiger partial charge < -0.3 is 20.9 Å². The van der Waals surface area contributed by atoms with Gasteiger partial charge in [0.2, 0.25) is 5.91 Å². The van der Waals surface area contributed by atoms with Gasteiger partial charge in [-0.1, -0.05) is 0 Å². The van der Waals surface area contributed by atoms with Crippen LogP contribution in [0.15, 0.2) is 47.5 Å². The van der Waals surface area contributed by atoms with Crippen molar-refractivity contribution in [1.82, 2.24) is 39.6 Å². The molecule has 4 aromatic rings. The van der Waals surface area contributed by atoms with E-state index in [-0.39, 0.29) is 22.8 Å². The van der Waals surface area contributed by atoms with Crippen LogP contribution in [0.4, 0.5) is 17.2 Å². The van der Waals surface area contributed by atoms with Crippen LogP contribution in [0.5, 0.6) is 0 Å². The minimum absolute atomic E-state index is 0.137. The van der Waals surface area contributed by atoms with Crippen LogP contribution in [0, 0.1) is 6.92 Å². The molecule has 1 aliphatic heterocycles. The third-order valence-corrected chi connectivity index (χ3v) is 5.94. The quantitative estimate of drug-likeness (QED) is 0.357. The molecule has 0 aliphatic carbocycles. The standard InChI is InChI=1S/C23H24N10O3/c1-13-6-7-19(29-28-13)32-9-4-5-14(23(32)36)26-18-11-16(24-2)20-25-12-17(33(20)30-18)21(34)27-15-8-10-31(3)22(15)35/h4-7,9,11-12,15,24H,8,10H2,1-3H3,(H,26,30)(H,27,34)/t15-/m1/s1. The summed E-state index contributed by atoms with van der Waals surface area (Å²) in [6.07, 6.45) is 3.53. The lowest BCUT2D eigenvalue weighted by atomic mass is 10.2. The minimum Gasteiger partial charge on any atom is -0.385 e. The Kier molecular flexibility index (Phi) is 5.80. The van der Waals surface area contributed by atoms with E-state index in [4.69, 9.17) is 0 Å². The Morgan fingerprint density at radius 3 is 2.67 bits per heavy atom. The van der Waals surface area contributed by atoms with Crippen LogP contribution < -0.4 is 21.5 Å². The van der Waals surface area contributed by atoms with Crippen molar-refractivity contribution >= 4 is 34.7 Å². The van der Waals surface area contributed by atoms with Gasteiger partial charge in [-0.15, -0.1) is 10.2 Å². The van der Waals surface area contributed by atoms with Crippen LogP contribution in [-0.2, 0) is 4.79 Å². The molecular formula is C23H24N10O3. The summed E-state index contributed by atoms with van der Waals surface area (Å²) in [5, 5.41) is 21.4. The first-order valence-electron chi connectivity index (χ1n) is 11.3. The van der Waals surface area contributed by atoms with Crippen molar-refractivity contribution in [3.05, 3.63) is 64.5 Å². The first-order valence-corrected chi connectivity index (χ1v) is 11.3. The van der Waals surface area contributed by atoms with E-state index in [0.29, 0.717) is 35.9 Å². The predicted molar refractivity (Wildman–Crippen MR) is 132 cm³/mol. The topological polar surface area (TPSA) is 151 Å². The molecule has 1 aliphatic rings. The number of likely N-dealkylation sites (N-methyl/N-ethyl adjacent to an activating group) is 1. The van der Waals surface area contributed by atoms with Crippen molar-refractivity contribution in [2.75, 3.05) is 31.3 Å². The summed E-state index contributed by atoms with van der Waals surface area (Å²) < 4.78 is 2.75. The number of nitrogens with zero attached hydrogens (tertiary/aromatic N) is 7. The molecule has 0 saturated carbocycles. The summed E-state index contributed by atoms with van der Waals surface area (Å²) in [7, 11) is 3.41. The zero-order chi connectivity index (χ0) is 25.4. The number of pyridine rings is 1. The zero-order valence-corrected chi connectivity index (χ0v) is 19.9. The maximum atomic E-state index is 13.1. The largest absolute Gasteiger partial charge is 0.385 e. The lowest BCUT2D eigenvalue weighted by molar-refractivity contribution is -0.128. The summed E-state index contributed by atoms with van der Waals surface area (Å²) in [6, 6.07) is 7.89. The lowest BCUT2D eigenvalue weighted by Gasteiger charge is -2.13. The van der Waals surface area contributed by atoms with E-state index >= 15 is 0 Å². The molecular weight excluding hydrogens is 464 g/mol. The summed E-state index contributed by atoms with van der Waals surface area (Å²) in [5.74, 6) is 0.0829. The fraction of sp³-hybridized carbons (Fsp3) is 0.261. The SMILES string of the molecule is CNc1cc(Nc2cccn(-c3ccc(C)nn3)c2=O)nn2c(C(=O)N[C@@H]3CCN(C)C3=O)cnc12. The molecule has 0 bridgehead atoms. The molecule has 13 heteroatoms. The maximum absolute atomic E-state index is 13.1. The average molecular weight is 489 g/mol. The molecule has 1 fully saturated rings. The minimum atomic E-state index is -0.592. The van der Waals surface area contributed by atoms with Crippen molar-refractivity contribution in [3.63, 3.8) is 0 Å². The highest BCUT2D eigenvalue weighted by molar-refractivity contribution is 5.97. The van der Waals surface area contributed by atoms with Gasteiger partial charge in [0, 0.05) is 32.9 Å². The average Bonchev–Trinajstić information content (AvgIpc) is 3.44. The molecule has 5 rings (SSSR count). The first-order chi connectivity index (χ1) is 17.4. The Balaban J connectivity index is 1.48. The molecule has 3 N–H and O–H groups in total. The van der Waals surface area contributed by atoms with E-state index in [1.807, 2.05) is 6.92 Å². The summed E-state index contributed by atoms with van der Waals surface area (Å²) >= 11 is 0. The number of aryl methyl sites for hydroxylation is 1. The van der Waals surface area contributed by atoms with Crippen LogP contribution in [0.2, 0.25) is 0 Å². The number of rotatable bonds is 6. The third-order valence-electron chi connectivity index (χ3n) is 5.94. The second-order valence-corrected chi connectivity index (χ2v) is 8.40.